The number of nitrogens with one attached hydrogen (secondary N) is 2. The molecule has 9 nitrogen and oxygen atoms in total. The topological polar surface area (TPSA) is 135 Å². The first kappa shape index (κ1) is 25.5. The zero-order valence-corrected chi connectivity index (χ0v) is 21.3. The van der Waals surface area contributed by atoms with Crippen LogP contribution in [0.1, 0.15) is 28.8 Å². The third-order valence-corrected chi connectivity index (χ3v) is 6.67. The lowest BCUT2D eigenvalue weighted by Gasteiger charge is -2.13. The van der Waals surface area contributed by atoms with Crippen molar-refractivity contribution < 1.29 is 18.7 Å². The number of aryl methyl sites for hydroxylation is 1. The summed E-state index contributed by atoms with van der Waals surface area (Å²) in [7, 11) is 3.32. The van der Waals surface area contributed by atoms with Crippen molar-refractivity contribution >= 4 is 34.2 Å². The van der Waals surface area contributed by atoms with Crippen molar-refractivity contribution in [3.63, 3.8) is 0 Å². The second kappa shape index (κ2) is 9.95. The van der Waals surface area contributed by atoms with E-state index in [1.165, 1.54) is 13.3 Å². The zero-order chi connectivity index (χ0) is 27.8. The molecule has 1 fully saturated rings. The number of pyridine rings is 1. The molecule has 0 spiro atoms. The molecular formula is C29H25FN6O3. The fourth-order valence-electron chi connectivity index (χ4n) is 4.64. The smallest absolute Gasteiger partial charge is 0.283 e. The van der Waals surface area contributed by atoms with E-state index in [0.717, 1.165) is 18.4 Å². The van der Waals surface area contributed by atoms with Crippen molar-refractivity contribution in [1.29, 1.82) is 5.26 Å². The average Bonchev–Trinajstić information content (AvgIpc) is 3.69. The van der Waals surface area contributed by atoms with E-state index in [4.69, 9.17) is 10.5 Å². The molecular weight excluding hydrogens is 499 g/mol. The van der Waals surface area contributed by atoms with Crippen LogP contribution in [-0.4, -0.2) is 34.5 Å². The third-order valence-electron chi connectivity index (χ3n) is 6.67. The maximum absolute atomic E-state index is 13.2. The predicted octanol–water partition coefficient (Wildman–Crippen LogP) is 4.68. The molecule has 5 rings (SSSR count). The van der Waals surface area contributed by atoms with E-state index in [2.05, 4.69) is 28.3 Å². The van der Waals surface area contributed by atoms with E-state index in [1.807, 2.05) is 17.7 Å². The third kappa shape index (κ3) is 4.66. The molecule has 2 aromatic carbocycles. The summed E-state index contributed by atoms with van der Waals surface area (Å²) in [6.07, 6.45) is 3.35. The number of methoxy groups -OCH3 is 1. The summed E-state index contributed by atoms with van der Waals surface area (Å²) in [4.78, 5) is 28.8. The first-order chi connectivity index (χ1) is 18.7. The molecule has 4 aromatic rings. The summed E-state index contributed by atoms with van der Waals surface area (Å²) >= 11 is 0. The van der Waals surface area contributed by atoms with Crippen LogP contribution in [0, 0.1) is 11.3 Å². The quantitative estimate of drug-likeness (QED) is 0.300. The van der Waals surface area contributed by atoms with Gasteiger partial charge in [0.05, 0.1) is 34.8 Å². The number of ether oxygens (including phenoxy) is 1. The van der Waals surface area contributed by atoms with E-state index in [9.17, 15) is 19.2 Å². The van der Waals surface area contributed by atoms with Crippen molar-refractivity contribution in [3.8, 4) is 34.2 Å². The number of benzene rings is 2. The lowest BCUT2D eigenvalue weighted by Crippen LogP contribution is -2.25. The summed E-state index contributed by atoms with van der Waals surface area (Å²) in [5.41, 5.74) is 10.9. The van der Waals surface area contributed by atoms with Crippen LogP contribution in [0.15, 0.2) is 61.1 Å². The molecule has 0 atom stereocenters. The SMILES string of the molecule is C=C(F)C(=O)Nc1ccc(-c2c(-c3ccc(C(=O)NC4CC4)c(OC)c3)c3c(N)ncc(C#N)c3n2C)cc1. The molecule has 39 heavy (non-hydrogen) atoms. The number of aromatic nitrogens is 2. The molecule has 4 N–H and O–H groups in total. The number of hydrogen-bond acceptors (Lipinski definition) is 6. The van der Waals surface area contributed by atoms with Gasteiger partial charge in [0, 0.05) is 30.5 Å². The summed E-state index contributed by atoms with van der Waals surface area (Å²) in [6.45, 7) is 3.01. The molecule has 2 amide bonds. The molecule has 0 bridgehead atoms. The number of nitrogens with two attached hydrogens (primary N) is 1. The van der Waals surface area contributed by atoms with Crippen LogP contribution in [0.4, 0.5) is 15.9 Å². The highest BCUT2D eigenvalue weighted by atomic mass is 19.1. The van der Waals surface area contributed by atoms with Crippen LogP contribution >= 0.6 is 0 Å². The van der Waals surface area contributed by atoms with Gasteiger partial charge in [-0.3, -0.25) is 9.59 Å². The highest BCUT2D eigenvalue weighted by Gasteiger charge is 2.27. The van der Waals surface area contributed by atoms with Crippen LogP contribution < -0.4 is 21.1 Å². The number of rotatable bonds is 7. The Kier molecular flexibility index (Phi) is 6.50. The van der Waals surface area contributed by atoms with Crippen molar-refractivity contribution in [2.24, 2.45) is 7.05 Å². The molecule has 2 aromatic heterocycles. The van der Waals surface area contributed by atoms with Crippen LogP contribution in [0.3, 0.4) is 0 Å². The lowest BCUT2D eigenvalue weighted by atomic mass is 9.96. The zero-order valence-electron chi connectivity index (χ0n) is 21.3. The standard InChI is InChI=1S/C29H25FN6O3/c1-15(30)28(37)34-19-7-4-16(5-8-19)25-23(24-26(36(25)2)18(13-31)14-33-27(24)32)17-6-11-21(22(12-17)39-3)29(38)35-20-9-10-20/h4-8,11-12,14,20H,1,9-10H2,2-3H3,(H2,32,33)(H,34,37)(H,35,38). The minimum absolute atomic E-state index is 0.192. The Morgan fingerprint density at radius 1 is 1.21 bits per heavy atom. The van der Waals surface area contributed by atoms with Crippen LogP contribution in [0.2, 0.25) is 0 Å². The fraction of sp³-hybridized carbons (Fsp3) is 0.172. The Morgan fingerprint density at radius 3 is 2.51 bits per heavy atom. The van der Waals surface area contributed by atoms with Gasteiger partial charge in [-0.2, -0.15) is 5.26 Å². The van der Waals surface area contributed by atoms with E-state index in [-0.39, 0.29) is 17.8 Å². The number of anilines is 2. The van der Waals surface area contributed by atoms with Gasteiger partial charge in [0.1, 0.15) is 17.6 Å². The monoisotopic (exact) mass is 524 g/mol. The number of nitrogens with zero attached hydrogens (tertiary/aromatic N) is 3. The number of halogens is 1. The molecule has 1 saturated carbocycles. The maximum Gasteiger partial charge on any atom is 0.283 e. The van der Waals surface area contributed by atoms with Crippen molar-refractivity contribution in [1.82, 2.24) is 14.9 Å². The fourth-order valence-corrected chi connectivity index (χ4v) is 4.64. The molecule has 1 aliphatic carbocycles. The number of fused-ring (bicyclic) bond motifs is 1. The molecule has 0 radical (unpaired) electrons. The minimum atomic E-state index is -1.09. The number of carbonyl (C=O) groups excluding carboxylic acids is 2. The van der Waals surface area contributed by atoms with Gasteiger partial charge in [0.25, 0.3) is 11.8 Å². The number of nitrogen functional groups attached to an aromatic ring is 1. The van der Waals surface area contributed by atoms with Gasteiger partial charge in [-0.15, -0.1) is 0 Å². The summed E-state index contributed by atoms with van der Waals surface area (Å²) in [5.74, 6) is -1.60. The second-order valence-corrected chi connectivity index (χ2v) is 9.27. The van der Waals surface area contributed by atoms with Gasteiger partial charge in [0.15, 0.2) is 5.83 Å². The Bertz CT molecular complexity index is 1700. The number of carbonyl (C=O) groups is 2. The van der Waals surface area contributed by atoms with E-state index >= 15 is 0 Å². The predicted molar refractivity (Wildman–Crippen MR) is 147 cm³/mol. The molecule has 0 saturated heterocycles. The largest absolute Gasteiger partial charge is 0.496 e. The molecule has 0 unspecified atom stereocenters. The van der Waals surface area contributed by atoms with Crippen molar-refractivity contribution in [3.05, 3.63) is 72.2 Å². The van der Waals surface area contributed by atoms with E-state index in [1.54, 1.807) is 36.4 Å². The number of amides is 2. The molecule has 0 aliphatic heterocycles. The summed E-state index contributed by atoms with van der Waals surface area (Å²) in [5, 5.41) is 15.8. The van der Waals surface area contributed by atoms with Gasteiger partial charge in [-0.25, -0.2) is 9.37 Å². The molecule has 10 heteroatoms. The molecule has 196 valence electrons. The van der Waals surface area contributed by atoms with E-state index < -0.39 is 11.7 Å². The van der Waals surface area contributed by atoms with Crippen LogP contribution in [-0.2, 0) is 11.8 Å². The van der Waals surface area contributed by atoms with Crippen molar-refractivity contribution in [2.45, 2.75) is 18.9 Å². The van der Waals surface area contributed by atoms with Crippen LogP contribution in [0.5, 0.6) is 5.75 Å². The Hall–Kier alpha value is -5.17. The summed E-state index contributed by atoms with van der Waals surface area (Å²) in [6, 6.07) is 14.4. The first-order valence-corrected chi connectivity index (χ1v) is 12.2. The normalized spacial score (nSPS) is 12.6. The van der Waals surface area contributed by atoms with Gasteiger partial charge >= 0.3 is 0 Å². The highest BCUT2D eigenvalue weighted by molar-refractivity contribution is 6.11. The number of hydrogen-bond donors (Lipinski definition) is 3. The summed E-state index contributed by atoms with van der Waals surface area (Å²) < 4.78 is 20.6. The Labute approximate surface area is 223 Å². The Morgan fingerprint density at radius 2 is 1.90 bits per heavy atom. The van der Waals surface area contributed by atoms with Crippen LogP contribution in [0.25, 0.3) is 33.3 Å². The average molecular weight is 525 g/mol. The Balaban J connectivity index is 1.70. The van der Waals surface area contributed by atoms with Gasteiger partial charge in [0.2, 0.25) is 0 Å². The molecule has 2 heterocycles. The first-order valence-electron chi connectivity index (χ1n) is 12.2. The second-order valence-electron chi connectivity index (χ2n) is 9.27. The van der Waals surface area contributed by atoms with Gasteiger partial charge in [-0.05, 0) is 48.2 Å². The van der Waals surface area contributed by atoms with E-state index in [0.29, 0.717) is 50.3 Å². The van der Waals surface area contributed by atoms with Gasteiger partial charge < -0.3 is 25.7 Å². The minimum Gasteiger partial charge on any atom is -0.496 e. The maximum atomic E-state index is 13.2. The van der Waals surface area contributed by atoms with Gasteiger partial charge in [-0.1, -0.05) is 24.8 Å². The highest BCUT2D eigenvalue weighted by Crippen LogP contribution is 2.44. The van der Waals surface area contributed by atoms with Crippen molar-refractivity contribution in [2.75, 3.05) is 18.2 Å². The number of nitriles is 1. The lowest BCUT2D eigenvalue weighted by molar-refractivity contribution is -0.114. The molecule has 1 aliphatic rings.